The highest BCUT2D eigenvalue weighted by atomic mass is 16.7. The number of carbonyl (C=O) groups is 2. The fourth-order valence-electron chi connectivity index (χ4n) is 1.26. The Morgan fingerprint density at radius 2 is 2.00 bits per heavy atom. The minimum atomic E-state index is -1.28. The number of hydrogen-bond donors (Lipinski definition) is 2. The zero-order valence-electron chi connectivity index (χ0n) is 10.4. The van der Waals surface area contributed by atoms with E-state index in [4.69, 9.17) is 9.94 Å². The van der Waals surface area contributed by atoms with Crippen LogP contribution in [0.4, 0.5) is 5.69 Å². The number of carbonyl (C=O) groups excluding carboxylic acids is 1. The van der Waals surface area contributed by atoms with Gasteiger partial charge in [0.2, 0.25) is 6.41 Å². The molecule has 1 aromatic rings. The van der Waals surface area contributed by atoms with Crippen LogP contribution >= 0.6 is 0 Å². The van der Waals surface area contributed by atoms with Crippen molar-refractivity contribution >= 4 is 18.1 Å². The number of carboxylic acid groups (broad SMARTS) is 1. The fraction of sp³-hybridized carbons (Fsp3) is 0.333. The van der Waals surface area contributed by atoms with E-state index >= 15 is 0 Å². The van der Waals surface area contributed by atoms with Gasteiger partial charge in [-0.1, -0.05) is 0 Å². The maximum Gasteiger partial charge on any atom is 0.339 e. The molecule has 6 heteroatoms. The molecule has 0 saturated carbocycles. The molecule has 0 aliphatic heterocycles. The molecule has 1 rings (SSSR count). The third-order valence-electron chi connectivity index (χ3n) is 1.93. The molecule has 0 atom stereocenters. The number of phenols is 1. The molecule has 0 bridgehead atoms. The van der Waals surface area contributed by atoms with Crippen molar-refractivity contribution in [2.45, 2.75) is 26.4 Å². The van der Waals surface area contributed by atoms with Crippen LogP contribution in [0.25, 0.3) is 0 Å². The van der Waals surface area contributed by atoms with E-state index < -0.39 is 11.6 Å². The van der Waals surface area contributed by atoms with Gasteiger partial charge in [0.25, 0.3) is 0 Å². The van der Waals surface area contributed by atoms with E-state index in [9.17, 15) is 14.7 Å². The predicted octanol–water partition coefficient (Wildman–Crippen LogP) is 1.78. The molecule has 0 aliphatic carbocycles. The van der Waals surface area contributed by atoms with Crippen LogP contribution in [0.1, 0.15) is 31.1 Å². The van der Waals surface area contributed by atoms with Crippen molar-refractivity contribution in [3.8, 4) is 5.75 Å². The second kappa shape index (κ2) is 5.05. The molecule has 0 saturated heterocycles. The third kappa shape index (κ3) is 3.46. The number of hydrogen-bond acceptors (Lipinski definition) is 4. The number of rotatable bonds is 4. The highest BCUT2D eigenvalue weighted by Crippen LogP contribution is 2.25. The summed E-state index contributed by atoms with van der Waals surface area (Å²) in [6.45, 7) is 5.26. The molecule has 2 N–H and O–H groups in total. The SMILES string of the molecule is CC(C)(C)ON(C=O)c1ccc(O)c(C(=O)O)c1. The predicted molar refractivity (Wildman–Crippen MR) is 64.4 cm³/mol. The van der Waals surface area contributed by atoms with Gasteiger partial charge in [0, 0.05) is 0 Å². The number of carboxylic acids is 1. The largest absolute Gasteiger partial charge is 0.507 e. The van der Waals surface area contributed by atoms with Crippen molar-refractivity contribution in [3.63, 3.8) is 0 Å². The average molecular weight is 253 g/mol. The van der Waals surface area contributed by atoms with Crippen LogP contribution in [0.5, 0.6) is 5.75 Å². The van der Waals surface area contributed by atoms with E-state index in [-0.39, 0.29) is 17.0 Å². The topological polar surface area (TPSA) is 87.1 Å². The number of aromatic hydroxyl groups is 1. The van der Waals surface area contributed by atoms with Gasteiger partial charge in [-0.15, -0.1) is 0 Å². The summed E-state index contributed by atoms with van der Waals surface area (Å²) in [6, 6.07) is 3.75. The van der Waals surface area contributed by atoms with E-state index in [1.54, 1.807) is 20.8 Å². The molecule has 0 heterocycles. The molecule has 0 radical (unpaired) electrons. The van der Waals surface area contributed by atoms with Gasteiger partial charge in [0.1, 0.15) is 11.3 Å². The standard InChI is InChI=1S/C12H15NO5/c1-12(2,3)18-13(7-14)8-4-5-10(15)9(6-8)11(16)17/h4-7,15H,1-3H3,(H,16,17). The normalized spacial score (nSPS) is 11.1. The highest BCUT2D eigenvalue weighted by molar-refractivity contribution is 5.92. The lowest BCUT2D eigenvalue weighted by Gasteiger charge is -2.26. The van der Waals surface area contributed by atoms with E-state index in [0.717, 1.165) is 11.1 Å². The molecule has 0 aromatic heterocycles. The van der Waals surface area contributed by atoms with E-state index in [0.29, 0.717) is 6.41 Å². The Hall–Kier alpha value is -2.08. The van der Waals surface area contributed by atoms with Gasteiger partial charge < -0.3 is 10.2 Å². The summed E-state index contributed by atoms with van der Waals surface area (Å²) >= 11 is 0. The van der Waals surface area contributed by atoms with Gasteiger partial charge in [-0.3, -0.25) is 9.63 Å². The molecule has 0 unspecified atom stereocenters. The summed E-state index contributed by atoms with van der Waals surface area (Å²) in [4.78, 5) is 27.1. The van der Waals surface area contributed by atoms with Gasteiger partial charge >= 0.3 is 5.97 Å². The Kier molecular flexibility index (Phi) is 3.93. The summed E-state index contributed by atoms with van der Waals surface area (Å²) in [6.07, 6.45) is 0.434. The zero-order valence-corrected chi connectivity index (χ0v) is 10.4. The lowest BCUT2D eigenvalue weighted by Crippen LogP contribution is -2.33. The van der Waals surface area contributed by atoms with Crippen LogP contribution in [-0.4, -0.2) is 28.2 Å². The van der Waals surface area contributed by atoms with Crippen LogP contribution in [0.15, 0.2) is 18.2 Å². The Morgan fingerprint density at radius 1 is 1.39 bits per heavy atom. The second-order valence-electron chi connectivity index (χ2n) is 4.64. The minimum absolute atomic E-state index is 0.232. The molecule has 1 aromatic carbocycles. The third-order valence-corrected chi connectivity index (χ3v) is 1.93. The summed E-state index contributed by atoms with van der Waals surface area (Å²) < 4.78 is 0. The highest BCUT2D eigenvalue weighted by Gasteiger charge is 2.19. The van der Waals surface area contributed by atoms with Gasteiger partial charge in [0.15, 0.2) is 0 Å². The zero-order chi connectivity index (χ0) is 13.9. The molecule has 0 aliphatic rings. The average Bonchev–Trinajstić information content (AvgIpc) is 2.25. The van der Waals surface area contributed by atoms with E-state index in [1.165, 1.54) is 12.1 Å². The van der Waals surface area contributed by atoms with Gasteiger partial charge in [-0.2, -0.15) is 5.06 Å². The van der Waals surface area contributed by atoms with Crippen molar-refractivity contribution in [2.24, 2.45) is 0 Å². The lowest BCUT2D eigenvalue weighted by atomic mass is 10.1. The molecular formula is C12H15NO5. The molecular weight excluding hydrogens is 238 g/mol. The van der Waals surface area contributed by atoms with Crippen molar-refractivity contribution in [1.29, 1.82) is 0 Å². The Morgan fingerprint density at radius 3 is 2.44 bits per heavy atom. The van der Waals surface area contributed by atoms with Crippen LogP contribution in [0, 0.1) is 0 Å². The number of amides is 1. The van der Waals surface area contributed by atoms with Gasteiger partial charge in [-0.05, 0) is 39.0 Å². The molecule has 18 heavy (non-hydrogen) atoms. The number of benzene rings is 1. The Bertz CT molecular complexity index is 464. The van der Waals surface area contributed by atoms with Gasteiger partial charge in [-0.25, -0.2) is 4.79 Å². The lowest BCUT2D eigenvalue weighted by molar-refractivity contribution is -0.120. The number of nitrogens with zero attached hydrogens (tertiary/aromatic N) is 1. The summed E-state index contributed by atoms with van der Waals surface area (Å²) in [7, 11) is 0. The fourth-order valence-corrected chi connectivity index (χ4v) is 1.26. The first-order chi connectivity index (χ1) is 8.24. The van der Waals surface area contributed by atoms with Crippen molar-refractivity contribution in [1.82, 2.24) is 0 Å². The monoisotopic (exact) mass is 253 g/mol. The quantitative estimate of drug-likeness (QED) is 0.631. The van der Waals surface area contributed by atoms with E-state index in [1.807, 2.05) is 0 Å². The molecule has 6 nitrogen and oxygen atoms in total. The minimum Gasteiger partial charge on any atom is -0.507 e. The first-order valence-corrected chi connectivity index (χ1v) is 5.24. The summed E-state index contributed by atoms with van der Waals surface area (Å²) in [5.41, 5.74) is -0.672. The smallest absolute Gasteiger partial charge is 0.339 e. The van der Waals surface area contributed by atoms with Crippen LogP contribution in [0.2, 0.25) is 0 Å². The van der Waals surface area contributed by atoms with Crippen LogP contribution in [-0.2, 0) is 9.63 Å². The molecule has 98 valence electrons. The van der Waals surface area contributed by atoms with Gasteiger partial charge in [0.05, 0.1) is 11.3 Å². The summed E-state index contributed by atoms with van der Waals surface area (Å²) in [5.74, 6) is -1.65. The molecule has 0 fully saturated rings. The van der Waals surface area contributed by atoms with Crippen molar-refractivity contribution in [3.05, 3.63) is 23.8 Å². The second-order valence-corrected chi connectivity index (χ2v) is 4.64. The maximum atomic E-state index is 10.9. The first kappa shape index (κ1) is 14.0. The van der Waals surface area contributed by atoms with Crippen molar-refractivity contribution < 1.29 is 24.6 Å². The number of hydroxylamine groups is 1. The number of aromatic carboxylic acids is 1. The van der Waals surface area contributed by atoms with Crippen molar-refractivity contribution in [2.75, 3.05) is 5.06 Å². The van der Waals surface area contributed by atoms with Crippen LogP contribution in [0.3, 0.4) is 0 Å². The maximum absolute atomic E-state index is 10.9. The Balaban J connectivity index is 3.11. The Labute approximate surface area is 104 Å². The summed E-state index contributed by atoms with van der Waals surface area (Å²) in [5, 5.41) is 19.2. The first-order valence-electron chi connectivity index (χ1n) is 5.24. The van der Waals surface area contributed by atoms with Crippen LogP contribution < -0.4 is 5.06 Å². The number of anilines is 1. The molecule has 1 amide bonds. The van der Waals surface area contributed by atoms with E-state index in [2.05, 4.69) is 0 Å². The molecule has 0 spiro atoms.